The smallest absolute Gasteiger partial charge is 0.259 e. The van der Waals surface area contributed by atoms with Gasteiger partial charge >= 0.3 is 0 Å². The number of hydrogen-bond acceptors (Lipinski definition) is 6. The number of nitrogens with one attached hydrogen (secondary N) is 1. The molecule has 29 heavy (non-hydrogen) atoms. The third kappa shape index (κ3) is 4.64. The third-order valence-corrected chi connectivity index (χ3v) is 5.55. The molecule has 154 valence electrons. The average Bonchev–Trinajstić information content (AvgIpc) is 3.30. The molecule has 7 nitrogen and oxygen atoms in total. The molecule has 0 aromatic carbocycles. The van der Waals surface area contributed by atoms with Crippen LogP contribution < -0.4 is 5.32 Å². The summed E-state index contributed by atoms with van der Waals surface area (Å²) in [4.78, 5) is 33.9. The molecule has 3 heterocycles. The molecule has 0 aliphatic carbocycles. The van der Waals surface area contributed by atoms with Crippen LogP contribution in [0.25, 0.3) is 21.7 Å². The number of hydrogen-bond donors (Lipinski definition) is 1. The Balaban J connectivity index is 2.01. The number of carbonyl (C=O) groups excluding carboxylic acids is 2. The largest absolute Gasteiger partial charge is 0.355 e. The third-order valence-electron chi connectivity index (χ3n) is 4.53. The van der Waals surface area contributed by atoms with Crippen LogP contribution in [0.4, 0.5) is 0 Å². The van der Waals surface area contributed by atoms with E-state index in [9.17, 15) is 9.59 Å². The number of thiophene rings is 1. The van der Waals surface area contributed by atoms with Crippen molar-refractivity contribution < 1.29 is 14.1 Å². The van der Waals surface area contributed by atoms with Crippen molar-refractivity contribution >= 4 is 34.3 Å². The molecule has 0 aliphatic rings. The van der Waals surface area contributed by atoms with Gasteiger partial charge in [-0.05, 0) is 44.9 Å². The summed E-state index contributed by atoms with van der Waals surface area (Å²) in [6.07, 6.45) is 1.60. The van der Waals surface area contributed by atoms with Crippen molar-refractivity contribution in [2.24, 2.45) is 0 Å². The highest BCUT2D eigenvalue weighted by Gasteiger charge is 2.24. The van der Waals surface area contributed by atoms with Gasteiger partial charge in [0.05, 0.1) is 33.8 Å². The first kappa shape index (κ1) is 21.0. The van der Waals surface area contributed by atoms with Gasteiger partial charge in [0.2, 0.25) is 5.91 Å². The van der Waals surface area contributed by atoms with Gasteiger partial charge in [0.25, 0.3) is 11.6 Å². The van der Waals surface area contributed by atoms with Gasteiger partial charge in [-0.2, -0.15) is 0 Å². The fraction of sp³-hybridized carbons (Fsp3) is 0.429. The fourth-order valence-electron chi connectivity index (χ4n) is 3.15. The van der Waals surface area contributed by atoms with Crippen molar-refractivity contribution in [3.63, 3.8) is 0 Å². The molecule has 1 N–H and O–H groups in total. The van der Waals surface area contributed by atoms with E-state index in [1.54, 1.807) is 29.2 Å². The van der Waals surface area contributed by atoms with Gasteiger partial charge in [-0.15, -0.1) is 11.3 Å². The number of amides is 2. The SMILES string of the molecule is CCCNC(=O)CN(CCC)C(=O)c1cc(-c2ccc(C)s2)nc2onc(C)c12. The molecule has 3 rings (SSSR count). The molecular weight excluding hydrogens is 388 g/mol. The Hall–Kier alpha value is -2.74. The Morgan fingerprint density at radius 3 is 2.66 bits per heavy atom. The molecule has 3 aromatic heterocycles. The summed E-state index contributed by atoms with van der Waals surface area (Å²) in [7, 11) is 0. The van der Waals surface area contributed by atoms with E-state index in [0.717, 1.165) is 22.6 Å². The van der Waals surface area contributed by atoms with Crippen LogP contribution in [0, 0.1) is 13.8 Å². The average molecular weight is 415 g/mol. The van der Waals surface area contributed by atoms with E-state index in [2.05, 4.69) is 15.5 Å². The van der Waals surface area contributed by atoms with E-state index in [1.807, 2.05) is 32.9 Å². The second kappa shape index (κ2) is 9.17. The van der Waals surface area contributed by atoms with Gasteiger partial charge < -0.3 is 14.7 Å². The number of rotatable bonds is 8. The summed E-state index contributed by atoms with van der Waals surface area (Å²) in [6, 6.07) is 5.78. The lowest BCUT2D eigenvalue weighted by Crippen LogP contribution is -2.41. The first-order valence-corrected chi connectivity index (χ1v) is 10.7. The van der Waals surface area contributed by atoms with Gasteiger partial charge in [-0.3, -0.25) is 9.59 Å². The van der Waals surface area contributed by atoms with Gasteiger partial charge in [0.1, 0.15) is 0 Å². The number of fused-ring (bicyclic) bond motifs is 1. The van der Waals surface area contributed by atoms with E-state index >= 15 is 0 Å². The minimum atomic E-state index is -0.216. The standard InChI is InChI=1S/C21H26N4O3S/c1-5-9-22-18(26)12-25(10-6-2)21(27)15-11-16(17-8-7-13(3)29-17)23-20-19(15)14(4)24-28-20/h7-8,11H,5-6,9-10,12H2,1-4H3,(H,22,26). The lowest BCUT2D eigenvalue weighted by atomic mass is 10.1. The van der Waals surface area contributed by atoms with Crippen molar-refractivity contribution in [2.45, 2.75) is 40.5 Å². The molecule has 0 aliphatic heterocycles. The maximum Gasteiger partial charge on any atom is 0.259 e. The molecule has 0 bridgehead atoms. The molecular formula is C21H26N4O3S. The zero-order valence-electron chi connectivity index (χ0n) is 17.2. The summed E-state index contributed by atoms with van der Waals surface area (Å²) in [5.74, 6) is -0.373. The van der Waals surface area contributed by atoms with E-state index in [4.69, 9.17) is 4.52 Å². The van der Waals surface area contributed by atoms with Crippen LogP contribution in [0.5, 0.6) is 0 Å². The van der Waals surface area contributed by atoms with Gasteiger partial charge in [-0.25, -0.2) is 4.98 Å². The first-order valence-electron chi connectivity index (χ1n) is 9.84. The summed E-state index contributed by atoms with van der Waals surface area (Å²) in [5, 5.41) is 7.44. The lowest BCUT2D eigenvalue weighted by molar-refractivity contribution is -0.121. The van der Waals surface area contributed by atoms with E-state index < -0.39 is 0 Å². The topological polar surface area (TPSA) is 88.3 Å². The maximum absolute atomic E-state index is 13.4. The number of pyridine rings is 1. The van der Waals surface area contributed by atoms with Crippen LogP contribution in [0.3, 0.4) is 0 Å². The second-order valence-electron chi connectivity index (χ2n) is 6.99. The number of nitrogens with zero attached hydrogens (tertiary/aromatic N) is 3. The van der Waals surface area contributed by atoms with Crippen molar-refractivity contribution in [1.82, 2.24) is 20.4 Å². The molecule has 0 spiro atoms. The molecule has 2 amide bonds. The molecule has 0 saturated heterocycles. The number of aryl methyl sites for hydroxylation is 2. The van der Waals surface area contributed by atoms with Crippen molar-refractivity contribution in [2.75, 3.05) is 19.6 Å². The summed E-state index contributed by atoms with van der Waals surface area (Å²) in [5.41, 5.74) is 2.08. The molecule has 8 heteroatoms. The predicted molar refractivity (Wildman–Crippen MR) is 114 cm³/mol. The van der Waals surface area contributed by atoms with Crippen LogP contribution in [0.15, 0.2) is 22.7 Å². The van der Waals surface area contributed by atoms with Crippen LogP contribution in [-0.2, 0) is 4.79 Å². The summed E-state index contributed by atoms with van der Waals surface area (Å²) in [6.45, 7) is 8.89. The molecule has 0 unspecified atom stereocenters. The van der Waals surface area contributed by atoms with E-state index in [1.165, 1.54) is 0 Å². The van der Waals surface area contributed by atoms with E-state index in [-0.39, 0.29) is 18.4 Å². The maximum atomic E-state index is 13.4. The zero-order chi connectivity index (χ0) is 21.0. The van der Waals surface area contributed by atoms with Gasteiger partial charge in [-0.1, -0.05) is 19.0 Å². The Labute approximate surface area is 174 Å². The van der Waals surface area contributed by atoms with Crippen LogP contribution in [0.2, 0.25) is 0 Å². The van der Waals surface area contributed by atoms with Crippen LogP contribution in [0.1, 0.15) is 47.6 Å². The van der Waals surface area contributed by atoms with Crippen molar-refractivity contribution in [1.29, 1.82) is 0 Å². The fourth-order valence-corrected chi connectivity index (χ4v) is 3.98. The van der Waals surface area contributed by atoms with Crippen molar-refractivity contribution in [3.05, 3.63) is 34.3 Å². The Bertz CT molecular complexity index is 1020. The molecule has 0 radical (unpaired) electrons. The van der Waals surface area contributed by atoms with Gasteiger partial charge in [0.15, 0.2) is 0 Å². The molecule has 0 saturated carbocycles. The van der Waals surface area contributed by atoms with Gasteiger partial charge in [0, 0.05) is 18.0 Å². The highest BCUT2D eigenvalue weighted by atomic mass is 32.1. The van der Waals surface area contributed by atoms with E-state index in [0.29, 0.717) is 41.1 Å². The molecule has 0 atom stereocenters. The predicted octanol–water partition coefficient (Wildman–Crippen LogP) is 3.95. The first-order chi connectivity index (χ1) is 13.9. The van der Waals surface area contributed by atoms with Crippen LogP contribution in [-0.4, -0.2) is 46.5 Å². The zero-order valence-corrected chi connectivity index (χ0v) is 18.1. The van der Waals surface area contributed by atoms with Crippen molar-refractivity contribution in [3.8, 4) is 10.6 Å². The summed E-state index contributed by atoms with van der Waals surface area (Å²) < 4.78 is 5.38. The lowest BCUT2D eigenvalue weighted by Gasteiger charge is -2.22. The quantitative estimate of drug-likeness (QED) is 0.603. The Morgan fingerprint density at radius 2 is 2.00 bits per heavy atom. The highest BCUT2D eigenvalue weighted by Crippen LogP contribution is 2.31. The minimum absolute atomic E-state index is 0.0221. The molecule has 0 fully saturated rings. The second-order valence-corrected chi connectivity index (χ2v) is 8.28. The highest BCUT2D eigenvalue weighted by molar-refractivity contribution is 7.15. The molecule has 3 aromatic rings. The van der Waals surface area contributed by atoms with Crippen LogP contribution >= 0.6 is 11.3 Å². The monoisotopic (exact) mass is 414 g/mol. The minimum Gasteiger partial charge on any atom is -0.355 e. The Morgan fingerprint density at radius 1 is 1.21 bits per heavy atom. The number of carbonyl (C=O) groups is 2. The summed E-state index contributed by atoms with van der Waals surface area (Å²) >= 11 is 1.60. The number of aromatic nitrogens is 2. The Kier molecular flexibility index (Phi) is 6.64. The normalized spacial score (nSPS) is 11.0.